The number of rotatable bonds is 1. The number of ether oxygens (including phenoxy) is 1. The molecule has 3 heteroatoms. The molecule has 0 fully saturated rings. The van der Waals surface area contributed by atoms with E-state index < -0.39 is 0 Å². The zero-order valence-corrected chi connectivity index (χ0v) is 8.12. The summed E-state index contributed by atoms with van der Waals surface area (Å²) in [5, 5.41) is 3.24. The Labute approximate surface area is 83.1 Å². The van der Waals surface area contributed by atoms with Crippen molar-refractivity contribution in [1.82, 2.24) is 0 Å². The number of fused-ring (bicyclic) bond motifs is 1. The quantitative estimate of drug-likeness (QED) is 0.685. The second-order valence-corrected chi connectivity index (χ2v) is 3.47. The van der Waals surface area contributed by atoms with Crippen LogP contribution in [0.1, 0.15) is 12.5 Å². The van der Waals surface area contributed by atoms with Crippen LogP contribution in [0.2, 0.25) is 0 Å². The SMILES string of the molecule is CC(=O)O[C@H]1CNc2ccccc2C1. The van der Waals surface area contributed by atoms with Gasteiger partial charge in [-0.2, -0.15) is 0 Å². The van der Waals surface area contributed by atoms with Gasteiger partial charge in [0, 0.05) is 19.0 Å². The van der Waals surface area contributed by atoms with E-state index in [4.69, 9.17) is 4.74 Å². The standard InChI is InChI=1S/C11H13NO2/c1-8(13)14-10-6-9-4-2-3-5-11(9)12-7-10/h2-5,10,12H,6-7H2,1H3/t10-/m1/s1. The van der Waals surface area contributed by atoms with Crippen LogP contribution in [0.3, 0.4) is 0 Å². The van der Waals surface area contributed by atoms with Crippen LogP contribution in [0.25, 0.3) is 0 Å². The number of benzene rings is 1. The zero-order chi connectivity index (χ0) is 9.97. The number of esters is 1. The first-order valence-electron chi connectivity index (χ1n) is 4.74. The smallest absolute Gasteiger partial charge is 0.302 e. The number of hydrogen-bond acceptors (Lipinski definition) is 3. The lowest BCUT2D eigenvalue weighted by Gasteiger charge is -2.25. The van der Waals surface area contributed by atoms with Gasteiger partial charge in [-0.15, -0.1) is 0 Å². The summed E-state index contributed by atoms with van der Waals surface area (Å²) < 4.78 is 5.15. The molecule has 0 radical (unpaired) electrons. The highest BCUT2D eigenvalue weighted by molar-refractivity contribution is 5.66. The molecule has 1 N–H and O–H groups in total. The minimum atomic E-state index is -0.212. The molecule has 1 atom stereocenters. The van der Waals surface area contributed by atoms with Crippen molar-refractivity contribution >= 4 is 11.7 Å². The van der Waals surface area contributed by atoms with E-state index in [-0.39, 0.29) is 12.1 Å². The average molecular weight is 191 g/mol. The van der Waals surface area contributed by atoms with Crippen molar-refractivity contribution in [3.8, 4) is 0 Å². The Balaban J connectivity index is 2.09. The Morgan fingerprint density at radius 1 is 1.50 bits per heavy atom. The molecule has 1 aromatic carbocycles. The van der Waals surface area contributed by atoms with Gasteiger partial charge in [-0.1, -0.05) is 18.2 Å². The molecule has 0 spiro atoms. The Morgan fingerprint density at radius 3 is 3.07 bits per heavy atom. The molecule has 0 aliphatic carbocycles. The molecule has 1 aliphatic heterocycles. The summed E-state index contributed by atoms with van der Waals surface area (Å²) in [7, 11) is 0. The zero-order valence-electron chi connectivity index (χ0n) is 8.12. The highest BCUT2D eigenvalue weighted by Crippen LogP contribution is 2.22. The number of para-hydroxylation sites is 1. The second-order valence-electron chi connectivity index (χ2n) is 3.47. The Bertz CT molecular complexity index is 349. The van der Waals surface area contributed by atoms with E-state index in [0.717, 1.165) is 12.1 Å². The maximum atomic E-state index is 10.8. The molecule has 0 saturated carbocycles. The molecular formula is C11H13NO2. The van der Waals surface area contributed by atoms with E-state index in [1.54, 1.807) is 0 Å². The van der Waals surface area contributed by atoms with Crippen molar-refractivity contribution in [3.05, 3.63) is 29.8 Å². The number of carbonyl (C=O) groups excluding carboxylic acids is 1. The molecule has 0 aromatic heterocycles. The first-order chi connectivity index (χ1) is 6.75. The van der Waals surface area contributed by atoms with Crippen molar-refractivity contribution in [2.24, 2.45) is 0 Å². The van der Waals surface area contributed by atoms with Gasteiger partial charge in [-0.25, -0.2) is 0 Å². The van der Waals surface area contributed by atoms with Gasteiger partial charge in [0.05, 0.1) is 6.54 Å². The number of anilines is 1. The summed E-state index contributed by atoms with van der Waals surface area (Å²) in [6.45, 7) is 2.15. The highest BCUT2D eigenvalue weighted by atomic mass is 16.5. The van der Waals surface area contributed by atoms with Crippen LogP contribution in [0.5, 0.6) is 0 Å². The van der Waals surface area contributed by atoms with Crippen molar-refractivity contribution in [2.75, 3.05) is 11.9 Å². The molecule has 1 heterocycles. The predicted octanol–water partition coefficient (Wildman–Crippen LogP) is 1.59. The van der Waals surface area contributed by atoms with E-state index >= 15 is 0 Å². The Kier molecular flexibility index (Phi) is 2.39. The first kappa shape index (κ1) is 9.06. The van der Waals surface area contributed by atoms with Gasteiger partial charge >= 0.3 is 5.97 Å². The number of carbonyl (C=O) groups is 1. The van der Waals surface area contributed by atoms with E-state index in [1.165, 1.54) is 12.5 Å². The average Bonchev–Trinajstić information content (AvgIpc) is 2.17. The van der Waals surface area contributed by atoms with Gasteiger partial charge < -0.3 is 10.1 Å². The third-order valence-corrected chi connectivity index (χ3v) is 2.32. The largest absolute Gasteiger partial charge is 0.460 e. The Morgan fingerprint density at radius 2 is 2.29 bits per heavy atom. The highest BCUT2D eigenvalue weighted by Gasteiger charge is 2.19. The van der Waals surface area contributed by atoms with Crippen LogP contribution in [-0.2, 0) is 16.0 Å². The van der Waals surface area contributed by atoms with Gasteiger partial charge in [0.25, 0.3) is 0 Å². The predicted molar refractivity (Wildman–Crippen MR) is 54.2 cm³/mol. The van der Waals surface area contributed by atoms with Crippen molar-refractivity contribution in [3.63, 3.8) is 0 Å². The van der Waals surface area contributed by atoms with Gasteiger partial charge in [-0.05, 0) is 11.6 Å². The van der Waals surface area contributed by atoms with Crippen LogP contribution in [0, 0.1) is 0 Å². The van der Waals surface area contributed by atoms with Crippen LogP contribution in [0.4, 0.5) is 5.69 Å². The summed E-state index contributed by atoms with van der Waals surface area (Å²) >= 11 is 0. The molecule has 0 amide bonds. The molecule has 3 nitrogen and oxygen atoms in total. The maximum absolute atomic E-state index is 10.8. The van der Waals surface area contributed by atoms with Gasteiger partial charge in [0.1, 0.15) is 6.10 Å². The molecule has 0 bridgehead atoms. The van der Waals surface area contributed by atoms with Crippen LogP contribution in [-0.4, -0.2) is 18.6 Å². The van der Waals surface area contributed by atoms with Crippen molar-refractivity contribution < 1.29 is 9.53 Å². The van der Waals surface area contributed by atoms with Crippen LogP contribution >= 0.6 is 0 Å². The minimum Gasteiger partial charge on any atom is -0.460 e. The molecule has 2 rings (SSSR count). The molecule has 1 aromatic rings. The third-order valence-electron chi connectivity index (χ3n) is 2.32. The minimum absolute atomic E-state index is 0.0256. The van der Waals surface area contributed by atoms with Gasteiger partial charge in [0.2, 0.25) is 0 Å². The Hall–Kier alpha value is -1.51. The monoisotopic (exact) mass is 191 g/mol. The maximum Gasteiger partial charge on any atom is 0.302 e. The van der Waals surface area contributed by atoms with Gasteiger partial charge in [-0.3, -0.25) is 4.79 Å². The molecule has 0 unspecified atom stereocenters. The van der Waals surface area contributed by atoms with Gasteiger partial charge in [0.15, 0.2) is 0 Å². The lowest BCUT2D eigenvalue weighted by atomic mass is 10.0. The third kappa shape index (κ3) is 1.87. The molecular weight excluding hydrogens is 178 g/mol. The number of hydrogen-bond donors (Lipinski definition) is 1. The van der Waals surface area contributed by atoms with E-state index in [1.807, 2.05) is 18.2 Å². The lowest BCUT2D eigenvalue weighted by Crippen LogP contribution is -2.31. The summed E-state index contributed by atoms with van der Waals surface area (Å²) in [6.07, 6.45) is 0.783. The van der Waals surface area contributed by atoms with E-state index in [2.05, 4.69) is 11.4 Å². The fourth-order valence-corrected chi connectivity index (χ4v) is 1.73. The number of nitrogens with one attached hydrogen (secondary N) is 1. The van der Waals surface area contributed by atoms with Crippen molar-refractivity contribution in [1.29, 1.82) is 0 Å². The summed E-state index contributed by atoms with van der Waals surface area (Å²) in [5.74, 6) is -0.212. The van der Waals surface area contributed by atoms with Crippen molar-refractivity contribution in [2.45, 2.75) is 19.4 Å². The summed E-state index contributed by atoms with van der Waals surface area (Å²) in [6, 6.07) is 8.09. The first-order valence-corrected chi connectivity index (χ1v) is 4.74. The molecule has 14 heavy (non-hydrogen) atoms. The second kappa shape index (κ2) is 3.70. The van der Waals surface area contributed by atoms with Crippen LogP contribution in [0.15, 0.2) is 24.3 Å². The topological polar surface area (TPSA) is 38.3 Å². The molecule has 74 valence electrons. The van der Waals surface area contributed by atoms with Crippen LogP contribution < -0.4 is 5.32 Å². The van der Waals surface area contributed by atoms with E-state index in [9.17, 15) is 4.79 Å². The fraction of sp³-hybridized carbons (Fsp3) is 0.364. The summed E-state index contributed by atoms with van der Waals surface area (Å²) in [4.78, 5) is 10.8. The fourth-order valence-electron chi connectivity index (χ4n) is 1.73. The normalized spacial score (nSPS) is 19.4. The van der Waals surface area contributed by atoms with E-state index in [0.29, 0.717) is 6.54 Å². The summed E-state index contributed by atoms with van der Waals surface area (Å²) in [5.41, 5.74) is 2.36. The molecule has 0 saturated heterocycles. The molecule has 1 aliphatic rings. The lowest BCUT2D eigenvalue weighted by molar-refractivity contribution is -0.145.